The van der Waals surface area contributed by atoms with Gasteiger partial charge in [0.25, 0.3) is 21.6 Å². The summed E-state index contributed by atoms with van der Waals surface area (Å²) in [6.45, 7) is 1.34. The maximum atomic E-state index is 13.2. The number of nitrogens with zero attached hydrogens (tertiary/aromatic N) is 2. The van der Waals surface area contributed by atoms with E-state index in [1.54, 1.807) is 25.1 Å². The Hall–Kier alpha value is -2.92. The monoisotopic (exact) mass is 436 g/mol. The van der Waals surface area contributed by atoms with Crippen LogP contribution in [0.2, 0.25) is 0 Å². The minimum atomic E-state index is -4.36. The first-order valence-electron chi connectivity index (χ1n) is 8.53. The van der Waals surface area contributed by atoms with Gasteiger partial charge in [-0.15, -0.1) is 0 Å². The highest BCUT2D eigenvalue weighted by Gasteiger charge is 2.36. The van der Waals surface area contributed by atoms with Gasteiger partial charge in [0.15, 0.2) is 0 Å². The molecule has 29 heavy (non-hydrogen) atoms. The Bertz CT molecular complexity index is 1100. The fraction of sp³-hybridized carbons (Fsp3) is 0.222. The number of rotatable bonds is 5. The Balaban J connectivity index is 2.15. The number of amides is 1. The van der Waals surface area contributed by atoms with Crippen LogP contribution in [0.25, 0.3) is 0 Å². The number of non-ortho nitro benzene ring substituents is 1. The molecule has 0 unspecified atom stereocenters. The van der Waals surface area contributed by atoms with Crippen molar-refractivity contribution >= 4 is 39.3 Å². The van der Waals surface area contributed by atoms with Crippen molar-refractivity contribution in [2.45, 2.75) is 28.0 Å². The largest absolute Gasteiger partial charge is 0.466 e. The average Bonchev–Trinajstić information content (AvgIpc) is 2.67. The molecule has 0 aliphatic carbocycles. The van der Waals surface area contributed by atoms with Gasteiger partial charge >= 0.3 is 5.97 Å². The third-order valence-electron chi connectivity index (χ3n) is 4.09. The van der Waals surface area contributed by atoms with Crippen molar-refractivity contribution in [3.8, 4) is 0 Å². The van der Waals surface area contributed by atoms with Crippen molar-refractivity contribution in [3.05, 3.63) is 58.1 Å². The van der Waals surface area contributed by atoms with Crippen LogP contribution in [0.3, 0.4) is 0 Å². The fourth-order valence-electron chi connectivity index (χ4n) is 2.76. The van der Waals surface area contributed by atoms with Gasteiger partial charge in [-0.2, -0.15) is 0 Å². The third-order valence-corrected chi connectivity index (χ3v) is 7.20. The lowest BCUT2D eigenvalue weighted by atomic mass is 10.2. The van der Waals surface area contributed by atoms with Gasteiger partial charge in [0, 0.05) is 28.5 Å². The number of esters is 1. The highest BCUT2D eigenvalue weighted by molar-refractivity contribution is 8.00. The van der Waals surface area contributed by atoms with Crippen LogP contribution in [-0.2, 0) is 19.6 Å². The Kier molecular flexibility index (Phi) is 5.89. The molecule has 3 rings (SSSR count). The van der Waals surface area contributed by atoms with E-state index in [-0.39, 0.29) is 34.1 Å². The van der Waals surface area contributed by atoms with Crippen LogP contribution in [0.15, 0.2) is 57.2 Å². The highest BCUT2D eigenvalue weighted by atomic mass is 32.2. The van der Waals surface area contributed by atoms with Gasteiger partial charge in [-0.05, 0) is 25.1 Å². The first-order chi connectivity index (χ1) is 13.8. The Morgan fingerprint density at radius 3 is 2.62 bits per heavy atom. The molecule has 0 fully saturated rings. The van der Waals surface area contributed by atoms with E-state index in [1.807, 2.05) is 0 Å². The molecule has 0 bridgehead atoms. The van der Waals surface area contributed by atoms with Gasteiger partial charge in [-0.25, -0.2) is 12.7 Å². The van der Waals surface area contributed by atoms with Crippen molar-refractivity contribution in [2.24, 2.45) is 0 Å². The zero-order chi connectivity index (χ0) is 21.2. The summed E-state index contributed by atoms with van der Waals surface area (Å²) in [6, 6.07) is 9.70. The summed E-state index contributed by atoms with van der Waals surface area (Å²) in [5.74, 6) is -1.41. The van der Waals surface area contributed by atoms with Crippen molar-refractivity contribution < 1.29 is 27.7 Å². The van der Waals surface area contributed by atoms with Crippen LogP contribution in [0.5, 0.6) is 0 Å². The molecule has 152 valence electrons. The quantitative estimate of drug-likeness (QED) is 0.398. The number of carbonyl (C=O) groups is 2. The number of nitro groups is 1. The molecule has 1 heterocycles. The number of carbonyl (C=O) groups excluding carboxylic acids is 2. The molecule has 0 spiro atoms. The molecular weight excluding hydrogens is 420 g/mol. The average molecular weight is 436 g/mol. The second-order valence-electron chi connectivity index (χ2n) is 5.92. The number of benzene rings is 2. The molecule has 0 radical (unpaired) electrons. The van der Waals surface area contributed by atoms with Gasteiger partial charge in [0.2, 0.25) is 0 Å². The molecule has 11 heteroatoms. The number of fused-ring (bicyclic) bond motifs is 2. The topological polar surface area (TPSA) is 124 Å². The van der Waals surface area contributed by atoms with Gasteiger partial charge in [0.1, 0.15) is 4.90 Å². The molecule has 1 amide bonds. The normalized spacial score (nSPS) is 14.9. The lowest BCUT2D eigenvalue weighted by molar-refractivity contribution is -0.385. The first-order valence-corrected chi connectivity index (χ1v) is 10.8. The molecule has 9 nitrogen and oxygen atoms in total. The molecular formula is C18H16N2O7S2. The lowest BCUT2D eigenvalue weighted by Crippen LogP contribution is -2.39. The van der Waals surface area contributed by atoms with E-state index in [0.29, 0.717) is 9.20 Å². The molecule has 2 aromatic carbocycles. The zero-order valence-corrected chi connectivity index (χ0v) is 16.9. The van der Waals surface area contributed by atoms with E-state index in [9.17, 15) is 28.1 Å². The smallest absolute Gasteiger partial charge is 0.307 e. The standard InChI is InChI=1S/C18H16N2O7S2/c1-2-27-17(21)9-10-19-18(22)13-5-3-4-6-14(13)28-15-11-12(20(23)24)7-8-16(15)29(19,25)26/h3-8,11H,2,9-10H2,1H3. The second-order valence-corrected chi connectivity index (χ2v) is 8.84. The number of ether oxygens (including phenoxy) is 1. The number of hydrogen-bond donors (Lipinski definition) is 0. The highest BCUT2D eigenvalue weighted by Crippen LogP contribution is 2.40. The number of hydrogen-bond acceptors (Lipinski definition) is 8. The van der Waals surface area contributed by atoms with Gasteiger partial charge in [0.05, 0.1) is 23.5 Å². The Morgan fingerprint density at radius 2 is 1.93 bits per heavy atom. The summed E-state index contributed by atoms with van der Waals surface area (Å²) in [4.78, 5) is 35.6. The van der Waals surface area contributed by atoms with E-state index < -0.39 is 33.4 Å². The second kappa shape index (κ2) is 8.21. The van der Waals surface area contributed by atoms with E-state index >= 15 is 0 Å². The van der Waals surface area contributed by atoms with Crippen molar-refractivity contribution in [3.63, 3.8) is 0 Å². The number of sulfonamides is 1. The third kappa shape index (κ3) is 4.10. The SMILES string of the molecule is CCOC(=O)CCN1C(=O)c2ccccc2Sc2cc([N+](=O)[O-])ccc2S1(=O)=O. The van der Waals surface area contributed by atoms with Crippen LogP contribution in [0.1, 0.15) is 23.7 Å². The molecule has 0 atom stereocenters. The summed E-state index contributed by atoms with van der Waals surface area (Å²) < 4.78 is 31.9. The summed E-state index contributed by atoms with van der Waals surface area (Å²) in [7, 11) is -4.36. The van der Waals surface area contributed by atoms with Gasteiger partial charge in [-0.3, -0.25) is 19.7 Å². The minimum Gasteiger partial charge on any atom is -0.466 e. The minimum absolute atomic E-state index is 0.125. The molecule has 2 aromatic rings. The Morgan fingerprint density at radius 1 is 1.21 bits per heavy atom. The van der Waals surface area contributed by atoms with Crippen LogP contribution in [0.4, 0.5) is 5.69 Å². The molecule has 0 saturated heterocycles. The molecule has 0 saturated carbocycles. The molecule has 0 N–H and O–H groups in total. The fourth-order valence-corrected chi connectivity index (χ4v) is 5.64. The van der Waals surface area contributed by atoms with Crippen LogP contribution >= 0.6 is 11.8 Å². The molecule has 1 aliphatic heterocycles. The van der Waals surface area contributed by atoms with Crippen molar-refractivity contribution in [1.29, 1.82) is 0 Å². The maximum Gasteiger partial charge on any atom is 0.307 e. The summed E-state index contributed by atoms with van der Waals surface area (Å²) >= 11 is 0.966. The number of nitro benzene ring substituents is 1. The van der Waals surface area contributed by atoms with Crippen LogP contribution < -0.4 is 0 Å². The van der Waals surface area contributed by atoms with E-state index in [1.165, 1.54) is 6.07 Å². The van der Waals surface area contributed by atoms with Crippen molar-refractivity contribution in [1.82, 2.24) is 4.31 Å². The molecule has 1 aliphatic rings. The predicted molar refractivity (Wildman–Crippen MR) is 103 cm³/mol. The first kappa shape index (κ1) is 20.8. The summed E-state index contributed by atoms with van der Waals surface area (Å²) in [6.07, 6.45) is -0.309. The summed E-state index contributed by atoms with van der Waals surface area (Å²) in [5, 5.41) is 11.1. The van der Waals surface area contributed by atoms with Gasteiger partial charge < -0.3 is 4.74 Å². The maximum absolute atomic E-state index is 13.2. The van der Waals surface area contributed by atoms with Crippen LogP contribution in [-0.4, -0.2) is 42.7 Å². The van der Waals surface area contributed by atoms with Gasteiger partial charge in [-0.1, -0.05) is 23.9 Å². The van der Waals surface area contributed by atoms with Crippen molar-refractivity contribution in [2.75, 3.05) is 13.2 Å². The van der Waals surface area contributed by atoms with E-state index in [2.05, 4.69) is 0 Å². The van der Waals surface area contributed by atoms with Crippen LogP contribution in [0, 0.1) is 10.1 Å². The zero-order valence-electron chi connectivity index (χ0n) is 15.2. The van der Waals surface area contributed by atoms with E-state index in [4.69, 9.17) is 4.74 Å². The lowest BCUT2D eigenvalue weighted by Gasteiger charge is -2.26. The Labute approximate surface area is 170 Å². The molecule has 0 aromatic heterocycles. The van der Waals surface area contributed by atoms with E-state index in [0.717, 1.165) is 30.0 Å². The predicted octanol–water partition coefficient (Wildman–Crippen LogP) is 2.84. The summed E-state index contributed by atoms with van der Waals surface area (Å²) in [5.41, 5.74) is -0.143.